The number of amides is 1. The van der Waals surface area contributed by atoms with Gasteiger partial charge >= 0.3 is 0 Å². The van der Waals surface area contributed by atoms with Gasteiger partial charge in [-0.05, 0) is 31.0 Å². The lowest BCUT2D eigenvalue weighted by molar-refractivity contribution is -0.130. The molecule has 0 heterocycles. The highest BCUT2D eigenvalue weighted by atomic mass is 35.5. The van der Waals surface area contributed by atoms with Gasteiger partial charge in [-0.2, -0.15) is 0 Å². The molecule has 0 atom stereocenters. The maximum Gasteiger partial charge on any atom is 0.241 e. The molecule has 0 radical (unpaired) electrons. The van der Waals surface area contributed by atoms with Crippen molar-refractivity contribution in [3.8, 4) is 0 Å². The predicted octanol–water partition coefficient (Wildman–Crippen LogP) is 3.68. The van der Waals surface area contributed by atoms with E-state index < -0.39 is 5.82 Å². The molecular formula is C15H20ClFN2O. The second-order valence-corrected chi connectivity index (χ2v) is 5.71. The Labute approximate surface area is 124 Å². The van der Waals surface area contributed by atoms with Crippen LogP contribution in [0.2, 0.25) is 5.02 Å². The van der Waals surface area contributed by atoms with Gasteiger partial charge in [0.1, 0.15) is 5.82 Å². The van der Waals surface area contributed by atoms with Gasteiger partial charge in [0.25, 0.3) is 0 Å². The lowest BCUT2D eigenvalue weighted by Crippen LogP contribution is -2.41. The minimum Gasteiger partial charge on any atom is -0.374 e. The van der Waals surface area contributed by atoms with E-state index in [1.807, 2.05) is 7.05 Å². The monoisotopic (exact) mass is 298 g/mol. The molecule has 1 aromatic rings. The zero-order valence-corrected chi connectivity index (χ0v) is 12.4. The number of likely N-dealkylation sites (N-methyl/N-ethyl adjacent to an activating group) is 1. The SMILES string of the molecule is CN(C(=O)CNc1cc(Cl)ccc1F)C1CCCCC1. The van der Waals surface area contributed by atoms with Gasteiger partial charge in [0.2, 0.25) is 5.91 Å². The summed E-state index contributed by atoms with van der Waals surface area (Å²) in [7, 11) is 1.83. The summed E-state index contributed by atoms with van der Waals surface area (Å²) < 4.78 is 13.5. The van der Waals surface area contributed by atoms with Crippen LogP contribution in [-0.2, 0) is 4.79 Å². The molecule has 1 aliphatic carbocycles. The van der Waals surface area contributed by atoms with Gasteiger partial charge in [0.05, 0.1) is 12.2 Å². The maximum absolute atomic E-state index is 13.5. The number of carbonyl (C=O) groups excluding carboxylic acids is 1. The first-order chi connectivity index (χ1) is 9.58. The van der Waals surface area contributed by atoms with Crippen molar-refractivity contribution in [2.45, 2.75) is 38.1 Å². The van der Waals surface area contributed by atoms with Crippen LogP contribution in [-0.4, -0.2) is 30.4 Å². The first-order valence-corrected chi connectivity index (χ1v) is 7.40. The predicted molar refractivity (Wildman–Crippen MR) is 79.5 cm³/mol. The van der Waals surface area contributed by atoms with E-state index in [9.17, 15) is 9.18 Å². The molecule has 1 amide bonds. The van der Waals surface area contributed by atoms with Crippen LogP contribution >= 0.6 is 11.6 Å². The number of hydrogen-bond acceptors (Lipinski definition) is 2. The smallest absolute Gasteiger partial charge is 0.241 e. The molecule has 0 spiro atoms. The van der Waals surface area contributed by atoms with Crippen molar-refractivity contribution in [3.63, 3.8) is 0 Å². The van der Waals surface area contributed by atoms with E-state index in [1.54, 1.807) is 4.90 Å². The van der Waals surface area contributed by atoms with Gasteiger partial charge in [0, 0.05) is 18.1 Å². The molecule has 1 N–H and O–H groups in total. The van der Waals surface area contributed by atoms with E-state index in [0.29, 0.717) is 11.1 Å². The number of rotatable bonds is 4. The van der Waals surface area contributed by atoms with Gasteiger partial charge in [-0.15, -0.1) is 0 Å². The molecule has 2 rings (SSSR count). The van der Waals surface area contributed by atoms with Crippen molar-refractivity contribution in [3.05, 3.63) is 29.0 Å². The Bertz CT molecular complexity index is 475. The Kier molecular flexibility index (Phi) is 5.24. The minimum absolute atomic E-state index is 0.0173. The third-order valence-corrected chi connectivity index (χ3v) is 4.11. The second kappa shape index (κ2) is 6.93. The third kappa shape index (κ3) is 3.85. The van der Waals surface area contributed by atoms with Crippen LogP contribution in [0.3, 0.4) is 0 Å². The zero-order valence-electron chi connectivity index (χ0n) is 11.7. The Morgan fingerprint density at radius 2 is 2.10 bits per heavy atom. The van der Waals surface area contributed by atoms with Gasteiger partial charge in [-0.1, -0.05) is 30.9 Å². The summed E-state index contributed by atoms with van der Waals surface area (Å²) in [6.45, 7) is 0.0876. The molecule has 0 aromatic heterocycles. The van der Waals surface area contributed by atoms with Crippen LogP contribution in [0.15, 0.2) is 18.2 Å². The maximum atomic E-state index is 13.5. The normalized spacial score (nSPS) is 15.9. The van der Waals surface area contributed by atoms with Crippen molar-refractivity contribution in [2.75, 3.05) is 18.9 Å². The summed E-state index contributed by atoms with van der Waals surface area (Å²) in [5.41, 5.74) is 0.267. The Balaban J connectivity index is 1.89. The fraction of sp³-hybridized carbons (Fsp3) is 0.533. The molecule has 0 bridgehead atoms. The zero-order chi connectivity index (χ0) is 14.5. The fourth-order valence-electron chi connectivity index (χ4n) is 2.60. The van der Waals surface area contributed by atoms with Crippen LogP contribution in [0, 0.1) is 5.82 Å². The van der Waals surface area contributed by atoms with Crippen molar-refractivity contribution >= 4 is 23.2 Å². The quantitative estimate of drug-likeness (QED) is 0.919. The standard InChI is InChI=1S/C15H20ClFN2O/c1-19(12-5-3-2-4-6-12)15(20)10-18-14-9-11(16)7-8-13(14)17/h7-9,12,18H,2-6,10H2,1H3. The highest BCUT2D eigenvalue weighted by Crippen LogP contribution is 2.22. The van der Waals surface area contributed by atoms with Crippen molar-refractivity contribution < 1.29 is 9.18 Å². The topological polar surface area (TPSA) is 32.3 Å². The number of carbonyl (C=O) groups is 1. The van der Waals surface area contributed by atoms with E-state index in [2.05, 4.69) is 5.32 Å². The van der Waals surface area contributed by atoms with Gasteiger partial charge in [-0.25, -0.2) is 4.39 Å². The Hall–Kier alpha value is -1.29. The highest BCUT2D eigenvalue weighted by molar-refractivity contribution is 6.30. The summed E-state index contributed by atoms with van der Waals surface area (Å²) in [6.07, 6.45) is 5.74. The van der Waals surface area contributed by atoms with E-state index in [0.717, 1.165) is 12.8 Å². The molecule has 0 saturated heterocycles. The average Bonchev–Trinajstić information content (AvgIpc) is 2.48. The summed E-state index contributed by atoms with van der Waals surface area (Å²) in [5, 5.41) is 3.27. The lowest BCUT2D eigenvalue weighted by Gasteiger charge is -2.31. The first-order valence-electron chi connectivity index (χ1n) is 7.02. The first kappa shape index (κ1) is 15.1. The molecule has 1 saturated carbocycles. The molecule has 3 nitrogen and oxygen atoms in total. The van der Waals surface area contributed by atoms with Crippen LogP contribution in [0.1, 0.15) is 32.1 Å². The number of benzene rings is 1. The Morgan fingerprint density at radius 3 is 2.80 bits per heavy atom. The summed E-state index contributed by atoms with van der Waals surface area (Å²) >= 11 is 5.81. The summed E-state index contributed by atoms with van der Waals surface area (Å²) in [4.78, 5) is 13.9. The van der Waals surface area contributed by atoms with Gasteiger partial charge < -0.3 is 10.2 Å². The molecule has 5 heteroatoms. The van der Waals surface area contributed by atoms with E-state index >= 15 is 0 Å². The number of halogens is 2. The number of anilines is 1. The van der Waals surface area contributed by atoms with Crippen LogP contribution in [0.4, 0.5) is 10.1 Å². The molecular weight excluding hydrogens is 279 g/mol. The summed E-state index contributed by atoms with van der Waals surface area (Å²) in [6, 6.07) is 4.59. The van der Waals surface area contributed by atoms with Crippen LogP contribution in [0.25, 0.3) is 0 Å². The van der Waals surface area contributed by atoms with Crippen molar-refractivity contribution in [1.82, 2.24) is 4.90 Å². The lowest BCUT2D eigenvalue weighted by atomic mass is 9.94. The minimum atomic E-state index is -0.400. The number of nitrogens with zero attached hydrogens (tertiary/aromatic N) is 1. The average molecular weight is 299 g/mol. The van der Waals surface area contributed by atoms with Crippen LogP contribution in [0.5, 0.6) is 0 Å². The van der Waals surface area contributed by atoms with Crippen LogP contribution < -0.4 is 5.32 Å². The molecule has 20 heavy (non-hydrogen) atoms. The van der Waals surface area contributed by atoms with E-state index in [-0.39, 0.29) is 18.1 Å². The molecule has 0 unspecified atom stereocenters. The van der Waals surface area contributed by atoms with E-state index in [4.69, 9.17) is 11.6 Å². The Morgan fingerprint density at radius 1 is 1.40 bits per heavy atom. The van der Waals surface area contributed by atoms with Gasteiger partial charge in [-0.3, -0.25) is 4.79 Å². The van der Waals surface area contributed by atoms with Crippen molar-refractivity contribution in [2.24, 2.45) is 0 Å². The molecule has 0 aliphatic heterocycles. The number of hydrogen-bond donors (Lipinski definition) is 1. The number of nitrogens with one attached hydrogen (secondary N) is 1. The molecule has 1 aromatic carbocycles. The largest absolute Gasteiger partial charge is 0.374 e. The third-order valence-electron chi connectivity index (χ3n) is 3.87. The molecule has 1 aliphatic rings. The summed E-state index contributed by atoms with van der Waals surface area (Å²) in [5.74, 6) is -0.418. The van der Waals surface area contributed by atoms with Crippen molar-refractivity contribution in [1.29, 1.82) is 0 Å². The second-order valence-electron chi connectivity index (χ2n) is 5.27. The van der Waals surface area contributed by atoms with Gasteiger partial charge in [0.15, 0.2) is 0 Å². The molecule has 1 fully saturated rings. The highest BCUT2D eigenvalue weighted by Gasteiger charge is 2.21. The fourth-order valence-corrected chi connectivity index (χ4v) is 2.77. The molecule has 110 valence electrons. The van der Waals surface area contributed by atoms with E-state index in [1.165, 1.54) is 37.5 Å².